The number of carbonyl (C=O) groups is 3. The van der Waals surface area contributed by atoms with E-state index < -0.39 is 35.3 Å². The van der Waals surface area contributed by atoms with Gasteiger partial charge in [0, 0.05) is 17.2 Å². The minimum absolute atomic E-state index is 0.116. The standard InChI is InChI=1S/C27H30O9.C6H14N2O2/c1-4-6-19-22(10-8-17(15(3)28)25(19)31)34-13-16(29)14-35-23-11-9-18-21(30)12-24(27(32)33)36-26(18)20(23)7-5-2;7-4-2-1-3-5(8)6(9)10/h8-12,16,29,31H,4-7,13-14H2,1-3H3,(H,32,33);5H,1-4,7-8H2,(H,9,10)/t;5-/m.0/s1. The number of aliphatic hydroxyl groups is 1. The number of carbonyl (C=O) groups excluding carboxylic acids is 1. The van der Waals surface area contributed by atoms with Crippen LogP contribution < -0.4 is 26.4 Å². The molecule has 0 bridgehead atoms. The highest BCUT2D eigenvalue weighted by molar-refractivity contribution is 5.97. The molecule has 252 valence electrons. The van der Waals surface area contributed by atoms with Crippen LogP contribution in [0.3, 0.4) is 0 Å². The van der Waals surface area contributed by atoms with E-state index >= 15 is 0 Å². The van der Waals surface area contributed by atoms with Gasteiger partial charge in [-0.05, 0) is 63.4 Å². The normalized spacial score (nSPS) is 12.1. The van der Waals surface area contributed by atoms with Crippen molar-refractivity contribution in [1.29, 1.82) is 0 Å². The van der Waals surface area contributed by atoms with Gasteiger partial charge in [0.2, 0.25) is 5.76 Å². The lowest BCUT2D eigenvalue weighted by Gasteiger charge is -2.18. The Hall–Kier alpha value is -4.46. The third-order valence-corrected chi connectivity index (χ3v) is 6.94. The molecule has 0 amide bonds. The maximum Gasteiger partial charge on any atom is 0.371 e. The summed E-state index contributed by atoms with van der Waals surface area (Å²) in [5.41, 5.74) is 11.4. The number of unbranched alkanes of at least 4 members (excludes halogenated alkanes) is 1. The molecule has 1 aromatic heterocycles. The molecule has 0 aliphatic carbocycles. The number of Topliss-reactive ketones (excluding diaryl/α,β-unsaturated/α-hetero) is 1. The second kappa shape index (κ2) is 18.5. The van der Waals surface area contributed by atoms with E-state index in [1.807, 2.05) is 13.8 Å². The van der Waals surface area contributed by atoms with Crippen LogP contribution in [-0.2, 0) is 17.6 Å². The van der Waals surface area contributed by atoms with Crippen LogP contribution in [0.4, 0.5) is 0 Å². The Morgan fingerprint density at radius 3 is 2.07 bits per heavy atom. The molecule has 13 nitrogen and oxygen atoms in total. The number of carboxylic acid groups (broad SMARTS) is 2. The highest BCUT2D eigenvalue weighted by Gasteiger charge is 2.19. The van der Waals surface area contributed by atoms with E-state index in [2.05, 4.69) is 0 Å². The predicted molar refractivity (Wildman–Crippen MR) is 171 cm³/mol. The predicted octanol–water partition coefficient (Wildman–Crippen LogP) is 3.65. The topological polar surface area (TPSA) is 233 Å². The smallest absolute Gasteiger partial charge is 0.371 e. The maximum absolute atomic E-state index is 12.4. The lowest BCUT2D eigenvalue weighted by molar-refractivity contribution is -0.138. The molecule has 0 spiro atoms. The number of hydrogen-bond acceptors (Lipinski definition) is 11. The first-order valence-corrected chi connectivity index (χ1v) is 15.2. The molecule has 0 saturated carbocycles. The van der Waals surface area contributed by atoms with Crippen molar-refractivity contribution in [3.05, 3.63) is 63.0 Å². The fourth-order valence-electron chi connectivity index (χ4n) is 4.56. The number of aliphatic hydroxyl groups excluding tert-OH is 1. The Bertz CT molecular complexity index is 1550. The fraction of sp³-hybridized carbons (Fsp3) is 0.455. The van der Waals surface area contributed by atoms with Crippen LogP contribution in [0.2, 0.25) is 0 Å². The molecule has 0 fully saturated rings. The number of phenolic OH excluding ortho intramolecular Hbond substituents is 1. The number of fused-ring (bicyclic) bond motifs is 1. The van der Waals surface area contributed by atoms with E-state index in [0.717, 1.165) is 25.3 Å². The number of carboxylic acids is 2. The van der Waals surface area contributed by atoms with Crippen molar-refractivity contribution in [2.45, 2.75) is 77.9 Å². The average molecular weight is 645 g/mol. The Morgan fingerprint density at radius 1 is 0.935 bits per heavy atom. The second-order valence-electron chi connectivity index (χ2n) is 10.7. The Labute approximate surface area is 266 Å². The summed E-state index contributed by atoms with van der Waals surface area (Å²) in [7, 11) is 0. The number of nitrogens with two attached hydrogens (primary N) is 2. The van der Waals surface area contributed by atoms with E-state index in [-0.39, 0.29) is 41.3 Å². The second-order valence-corrected chi connectivity index (χ2v) is 10.7. The zero-order valence-corrected chi connectivity index (χ0v) is 26.4. The van der Waals surface area contributed by atoms with Gasteiger partial charge in [-0.25, -0.2) is 4.79 Å². The number of ether oxygens (including phenoxy) is 2. The summed E-state index contributed by atoms with van der Waals surface area (Å²) in [5.74, 6) is -2.37. The number of aliphatic carboxylic acids is 1. The van der Waals surface area contributed by atoms with Crippen LogP contribution in [0.1, 0.15) is 84.9 Å². The summed E-state index contributed by atoms with van der Waals surface area (Å²) in [6.45, 7) is 5.55. The van der Waals surface area contributed by atoms with Gasteiger partial charge in [-0.3, -0.25) is 14.4 Å². The summed E-state index contributed by atoms with van der Waals surface area (Å²) in [6.07, 6.45) is 3.48. The number of aromatic carboxylic acids is 1. The summed E-state index contributed by atoms with van der Waals surface area (Å²) < 4.78 is 17.0. The van der Waals surface area contributed by atoms with E-state index in [0.29, 0.717) is 54.9 Å². The first-order valence-electron chi connectivity index (χ1n) is 15.2. The third kappa shape index (κ3) is 10.6. The Kier molecular flexibility index (Phi) is 15.2. The molecule has 3 rings (SSSR count). The molecule has 1 heterocycles. The molecular weight excluding hydrogens is 600 g/mol. The van der Waals surface area contributed by atoms with Crippen molar-refractivity contribution in [1.82, 2.24) is 0 Å². The minimum atomic E-state index is -1.35. The van der Waals surface area contributed by atoms with Gasteiger partial charge in [0.05, 0.1) is 10.9 Å². The summed E-state index contributed by atoms with van der Waals surface area (Å²) in [6, 6.07) is 6.40. The highest BCUT2D eigenvalue weighted by Crippen LogP contribution is 2.33. The van der Waals surface area contributed by atoms with Crippen LogP contribution in [0.25, 0.3) is 11.0 Å². The molecule has 0 saturated heterocycles. The fourth-order valence-corrected chi connectivity index (χ4v) is 4.56. The third-order valence-electron chi connectivity index (χ3n) is 6.94. The molecule has 13 heteroatoms. The van der Waals surface area contributed by atoms with Gasteiger partial charge >= 0.3 is 11.9 Å². The molecule has 0 radical (unpaired) electrons. The number of ketones is 1. The molecule has 1 unspecified atom stereocenters. The van der Waals surface area contributed by atoms with E-state index in [1.165, 1.54) is 19.1 Å². The van der Waals surface area contributed by atoms with Gasteiger partial charge in [0.15, 0.2) is 11.2 Å². The minimum Gasteiger partial charge on any atom is -0.507 e. The lowest BCUT2D eigenvalue weighted by atomic mass is 10.0. The Balaban J connectivity index is 0.000000634. The van der Waals surface area contributed by atoms with Crippen molar-refractivity contribution in [3.8, 4) is 17.2 Å². The summed E-state index contributed by atoms with van der Waals surface area (Å²) in [4.78, 5) is 45.6. The van der Waals surface area contributed by atoms with Gasteiger partial charge in [0.25, 0.3) is 0 Å². The van der Waals surface area contributed by atoms with Crippen molar-refractivity contribution >= 4 is 28.7 Å². The summed E-state index contributed by atoms with van der Waals surface area (Å²) >= 11 is 0. The number of aromatic hydroxyl groups is 1. The molecular formula is C33H44N2O11. The summed E-state index contributed by atoms with van der Waals surface area (Å²) in [5, 5.41) is 38.8. The van der Waals surface area contributed by atoms with Gasteiger partial charge < -0.3 is 45.8 Å². The number of hydrogen-bond donors (Lipinski definition) is 6. The van der Waals surface area contributed by atoms with Gasteiger partial charge in [0.1, 0.15) is 48.2 Å². The molecule has 46 heavy (non-hydrogen) atoms. The SMILES string of the molecule is CCCc1c(OCC(O)COc2ccc3c(=O)cc(C(=O)O)oc3c2CCC)ccc(C(C)=O)c1O.NCCCC[C@H](N)C(=O)O. The van der Waals surface area contributed by atoms with Crippen LogP contribution in [0, 0.1) is 0 Å². The van der Waals surface area contributed by atoms with Crippen LogP contribution in [0.15, 0.2) is 39.5 Å². The molecule has 2 aromatic carbocycles. The van der Waals surface area contributed by atoms with Gasteiger partial charge in [-0.2, -0.15) is 0 Å². The first-order chi connectivity index (χ1) is 21.9. The average Bonchev–Trinajstić information content (AvgIpc) is 3.01. The molecule has 0 aliphatic heterocycles. The number of phenols is 1. The van der Waals surface area contributed by atoms with Crippen molar-refractivity contribution in [2.75, 3.05) is 19.8 Å². The van der Waals surface area contributed by atoms with E-state index in [1.54, 1.807) is 12.1 Å². The number of benzene rings is 2. The number of aryl methyl sites for hydroxylation is 1. The van der Waals surface area contributed by atoms with E-state index in [4.69, 9.17) is 30.5 Å². The lowest BCUT2D eigenvalue weighted by Crippen LogP contribution is -2.29. The monoisotopic (exact) mass is 644 g/mol. The molecule has 2 atom stereocenters. The molecule has 8 N–H and O–H groups in total. The largest absolute Gasteiger partial charge is 0.507 e. The van der Waals surface area contributed by atoms with Crippen LogP contribution in [0.5, 0.6) is 17.2 Å². The molecule has 0 aliphatic rings. The maximum atomic E-state index is 12.4. The van der Waals surface area contributed by atoms with Crippen molar-refractivity contribution in [2.24, 2.45) is 11.5 Å². The Morgan fingerprint density at radius 2 is 1.52 bits per heavy atom. The highest BCUT2D eigenvalue weighted by atomic mass is 16.5. The number of rotatable bonds is 17. The molecule has 3 aromatic rings. The zero-order valence-electron chi connectivity index (χ0n) is 26.4. The van der Waals surface area contributed by atoms with Crippen molar-refractivity contribution in [3.63, 3.8) is 0 Å². The zero-order chi connectivity index (χ0) is 34.4. The van der Waals surface area contributed by atoms with Gasteiger partial charge in [-0.1, -0.05) is 33.1 Å². The first kappa shape index (κ1) is 37.7. The quantitative estimate of drug-likeness (QED) is 0.0911. The van der Waals surface area contributed by atoms with Crippen LogP contribution in [-0.4, -0.2) is 70.1 Å². The van der Waals surface area contributed by atoms with Crippen LogP contribution >= 0.6 is 0 Å². The van der Waals surface area contributed by atoms with E-state index in [9.17, 15) is 34.5 Å². The van der Waals surface area contributed by atoms with Crippen molar-refractivity contribution < 1.29 is 48.7 Å². The van der Waals surface area contributed by atoms with Gasteiger partial charge in [-0.15, -0.1) is 0 Å².